The van der Waals surface area contributed by atoms with Crippen molar-refractivity contribution in [1.82, 2.24) is 0 Å². The summed E-state index contributed by atoms with van der Waals surface area (Å²) < 4.78 is 13.6. The van der Waals surface area contributed by atoms with Crippen molar-refractivity contribution < 1.29 is 4.39 Å². The molecule has 2 aromatic carbocycles. The Labute approximate surface area is 115 Å². The Morgan fingerprint density at radius 3 is 2.44 bits per heavy atom. The molecule has 0 aromatic heterocycles. The molecule has 0 radical (unpaired) electrons. The van der Waals surface area contributed by atoms with Gasteiger partial charge in [-0.1, -0.05) is 47.5 Å². The third kappa shape index (κ3) is 3.02. The third-order valence-electron chi connectivity index (χ3n) is 2.74. The lowest BCUT2D eigenvalue weighted by Gasteiger charge is -2.13. The highest BCUT2D eigenvalue weighted by Crippen LogP contribution is 2.25. The molecule has 0 saturated carbocycles. The van der Waals surface area contributed by atoms with Gasteiger partial charge in [0, 0.05) is 11.6 Å². The quantitative estimate of drug-likeness (QED) is 0.889. The van der Waals surface area contributed by atoms with Crippen LogP contribution in [0.1, 0.15) is 17.2 Å². The van der Waals surface area contributed by atoms with Crippen LogP contribution in [-0.2, 0) is 6.42 Å². The van der Waals surface area contributed by atoms with Crippen LogP contribution in [-0.4, -0.2) is 0 Å². The smallest absolute Gasteiger partial charge is 0.127 e. The van der Waals surface area contributed by atoms with Gasteiger partial charge in [-0.3, -0.25) is 0 Å². The summed E-state index contributed by atoms with van der Waals surface area (Å²) in [7, 11) is 0. The fraction of sp³-hybridized carbons (Fsp3) is 0.143. The molecule has 0 aliphatic rings. The Bertz CT molecular complexity index is 557. The molecular weight excluding hydrogens is 272 g/mol. The molecule has 2 aromatic rings. The van der Waals surface area contributed by atoms with Crippen LogP contribution in [0.2, 0.25) is 10.0 Å². The predicted molar refractivity (Wildman–Crippen MR) is 73.5 cm³/mol. The zero-order chi connectivity index (χ0) is 13.1. The number of nitrogens with two attached hydrogens (primary N) is 1. The average Bonchev–Trinajstić information content (AvgIpc) is 2.34. The van der Waals surface area contributed by atoms with E-state index in [-0.39, 0.29) is 5.82 Å². The number of hydrogen-bond donors (Lipinski definition) is 1. The van der Waals surface area contributed by atoms with Gasteiger partial charge in [-0.25, -0.2) is 4.39 Å². The van der Waals surface area contributed by atoms with Crippen molar-refractivity contribution in [3.05, 3.63) is 69.5 Å². The molecule has 0 aliphatic heterocycles. The molecule has 0 spiro atoms. The highest BCUT2D eigenvalue weighted by Gasteiger charge is 2.12. The second-order valence-electron chi connectivity index (χ2n) is 4.08. The summed E-state index contributed by atoms with van der Waals surface area (Å²) in [6.45, 7) is 0. The molecule has 0 saturated heterocycles. The zero-order valence-corrected chi connectivity index (χ0v) is 11.0. The molecule has 1 nitrogen and oxygen atoms in total. The Balaban J connectivity index is 2.19. The monoisotopic (exact) mass is 283 g/mol. The third-order valence-corrected chi connectivity index (χ3v) is 3.48. The highest BCUT2D eigenvalue weighted by molar-refractivity contribution is 6.42. The molecule has 2 rings (SSSR count). The molecule has 4 heteroatoms. The molecule has 0 bridgehead atoms. The van der Waals surface area contributed by atoms with Crippen molar-refractivity contribution in [2.24, 2.45) is 5.73 Å². The Hall–Kier alpha value is -1.09. The second kappa shape index (κ2) is 5.70. The topological polar surface area (TPSA) is 26.0 Å². The van der Waals surface area contributed by atoms with Crippen molar-refractivity contribution in [2.45, 2.75) is 12.5 Å². The summed E-state index contributed by atoms with van der Waals surface area (Å²) in [6, 6.07) is 11.4. The first-order valence-corrected chi connectivity index (χ1v) is 6.27. The summed E-state index contributed by atoms with van der Waals surface area (Å²) in [5.41, 5.74) is 7.43. The van der Waals surface area contributed by atoms with Crippen LogP contribution in [0.25, 0.3) is 0 Å². The van der Waals surface area contributed by atoms with E-state index in [0.717, 1.165) is 5.56 Å². The van der Waals surface area contributed by atoms with Crippen LogP contribution in [0.15, 0.2) is 42.5 Å². The minimum absolute atomic E-state index is 0.287. The summed E-state index contributed by atoms with van der Waals surface area (Å²) in [4.78, 5) is 0. The minimum Gasteiger partial charge on any atom is -0.324 e. The lowest BCUT2D eigenvalue weighted by Crippen LogP contribution is -2.14. The van der Waals surface area contributed by atoms with Crippen LogP contribution in [0, 0.1) is 5.82 Å². The van der Waals surface area contributed by atoms with Gasteiger partial charge in [0.2, 0.25) is 0 Å². The fourth-order valence-corrected chi connectivity index (χ4v) is 2.13. The lowest BCUT2D eigenvalue weighted by molar-refractivity contribution is 0.580. The van der Waals surface area contributed by atoms with Crippen LogP contribution in [0.3, 0.4) is 0 Å². The largest absolute Gasteiger partial charge is 0.324 e. The molecule has 0 heterocycles. The summed E-state index contributed by atoms with van der Waals surface area (Å²) in [6.07, 6.45) is 0.512. The highest BCUT2D eigenvalue weighted by atomic mass is 35.5. The predicted octanol–water partition coefficient (Wildman–Crippen LogP) is 4.38. The van der Waals surface area contributed by atoms with E-state index in [1.807, 2.05) is 6.07 Å². The van der Waals surface area contributed by atoms with Gasteiger partial charge in [0.1, 0.15) is 5.82 Å². The van der Waals surface area contributed by atoms with Gasteiger partial charge in [-0.15, -0.1) is 0 Å². The molecule has 1 atom stereocenters. The van der Waals surface area contributed by atoms with Gasteiger partial charge in [0.15, 0.2) is 0 Å². The molecule has 2 N–H and O–H groups in total. The number of rotatable bonds is 3. The van der Waals surface area contributed by atoms with Gasteiger partial charge in [0.25, 0.3) is 0 Å². The Morgan fingerprint density at radius 2 is 1.78 bits per heavy atom. The fourth-order valence-electron chi connectivity index (χ4n) is 1.81. The van der Waals surface area contributed by atoms with Crippen LogP contribution >= 0.6 is 23.2 Å². The molecule has 0 aliphatic carbocycles. The summed E-state index contributed by atoms with van der Waals surface area (Å²) >= 11 is 11.8. The van der Waals surface area contributed by atoms with Crippen molar-refractivity contribution in [3.8, 4) is 0 Å². The number of benzene rings is 2. The number of hydrogen-bond acceptors (Lipinski definition) is 1. The van der Waals surface area contributed by atoms with E-state index in [0.29, 0.717) is 22.0 Å². The summed E-state index contributed by atoms with van der Waals surface area (Å²) in [5, 5.41) is 0.981. The van der Waals surface area contributed by atoms with Gasteiger partial charge in [0.05, 0.1) is 10.0 Å². The maximum Gasteiger partial charge on any atom is 0.127 e. The Kier molecular flexibility index (Phi) is 4.23. The van der Waals surface area contributed by atoms with Crippen LogP contribution in [0.5, 0.6) is 0 Å². The normalized spacial score (nSPS) is 12.4. The molecule has 94 valence electrons. The SMILES string of the molecule is NC(Cc1ccc(Cl)c(Cl)c1)c1ccccc1F. The lowest BCUT2D eigenvalue weighted by atomic mass is 9.99. The van der Waals surface area contributed by atoms with E-state index >= 15 is 0 Å². The van der Waals surface area contributed by atoms with Crippen molar-refractivity contribution in [1.29, 1.82) is 0 Å². The molecular formula is C14H12Cl2FN. The first kappa shape index (κ1) is 13.3. The van der Waals surface area contributed by atoms with Crippen molar-refractivity contribution in [3.63, 3.8) is 0 Å². The molecule has 18 heavy (non-hydrogen) atoms. The van der Waals surface area contributed by atoms with E-state index in [2.05, 4.69) is 0 Å². The van der Waals surface area contributed by atoms with Crippen molar-refractivity contribution in [2.75, 3.05) is 0 Å². The first-order chi connectivity index (χ1) is 8.58. The van der Waals surface area contributed by atoms with Gasteiger partial charge >= 0.3 is 0 Å². The second-order valence-corrected chi connectivity index (χ2v) is 4.89. The molecule has 0 amide bonds. The van der Waals surface area contributed by atoms with E-state index in [1.165, 1.54) is 6.07 Å². The maximum absolute atomic E-state index is 13.6. The van der Waals surface area contributed by atoms with Crippen LogP contribution in [0.4, 0.5) is 4.39 Å². The van der Waals surface area contributed by atoms with E-state index in [4.69, 9.17) is 28.9 Å². The molecule has 0 fully saturated rings. The van der Waals surface area contributed by atoms with E-state index in [1.54, 1.807) is 30.3 Å². The molecule has 1 unspecified atom stereocenters. The van der Waals surface area contributed by atoms with Gasteiger partial charge in [-0.05, 0) is 30.2 Å². The summed E-state index contributed by atoms with van der Waals surface area (Å²) in [5.74, 6) is -0.287. The maximum atomic E-state index is 13.6. The van der Waals surface area contributed by atoms with Gasteiger partial charge in [-0.2, -0.15) is 0 Å². The van der Waals surface area contributed by atoms with Crippen LogP contribution < -0.4 is 5.73 Å². The minimum atomic E-state index is -0.400. The number of halogens is 3. The first-order valence-electron chi connectivity index (χ1n) is 5.52. The van der Waals surface area contributed by atoms with Gasteiger partial charge < -0.3 is 5.73 Å². The standard InChI is InChI=1S/C14H12Cl2FN/c15-11-6-5-9(7-12(11)16)8-14(18)10-3-1-2-4-13(10)17/h1-7,14H,8,18H2. The van der Waals surface area contributed by atoms with Crippen molar-refractivity contribution >= 4 is 23.2 Å². The zero-order valence-electron chi connectivity index (χ0n) is 9.54. The van der Waals surface area contributed by atoms with E-state index in [9.17, 15) is 4.39 Å². The average molecular weight is 284 g/mol. The Morgan fingerprint density at radius 1 is 1.06 bits per heavy atom. The van der Waals surface area contributed by atoms with E-state index < -0.39 is 6.04 Å².